The molecule has 5 heteroatoms. The van der Waals surface area contributed by atoms with Crippen molar-refractivity contribution in [2.24, 2.45) is 0 Å². The minimum atomic E-state index is -0.908. The van der Waals surface area contributed by atoms with Crippen molar-refractivity contribution in [3.63, 3.8) is 0 Å². The zero-order valence-corrected chi connectivity index (χ0v) is 14.8. The molecular weight excluding hydrogens is 328 g/mol. The standard InChI is InChI=1S/C21H22N2O3/c1-22-18-10-5-4-9-17(18)21(20(22)26)11-6-12-23(14-21)13-15-7-2-3-8-16(15)19(24)25/h2-5,7-10H,6,11-14H2,1H3,(H,24,25). The van der Waals surface area contributed by atoms with E-state index in [0.29, 0.717) is 18.7 Å². The van der Waals surface area contributed by atoms with Crippen LogP contribution in [-0.2, 0) is 16.8 Å². The third-order valence-corrected chi connectivity index (χ3v) is 5.71. The second-order valence-corrected chi connectivity index (χ2v) is 7.24. The van der Waals surface area contributed by atoms with Crippen molar-refractivity contribution in [3.05, 3.63) is 65.2 Å². The van der Waals surface area contributed by atoms with Crippen molar-refractivity contribution >= 4 is 17.6 Å². The Labute approximate surface area is 152 Å². The highest BCUT2D eigenvalue weighted by atomic mass is 16.4. The van der Waals surface area contributed by atoms with Crippen molar-refractivity contribution in [3.8, 4) is 0 Å². The van der Waals surface area contributed by atoms with Crippen molar-refractivity contribution < 1.29 is 14.7 Å². The van der Waals surface area contributed by atoms with Crippen LogP contribution in [0.4, 0.5) is 5.69 Å². The maximum absolute atomic E-state index is 13.1. The molecule has 2 aromatic carbocycles. The molecule has 2 aromatic rings. The SMILES string of the molecule is CN1C(=O)C2(CCCN(Cc3ccccc3C(=O)O)C2)c2ccccc21. The molecule has 1 atom stereocenters. The molecule has 1 spiro atoms. The van der Waals surface area contributed by atoms with E-state index >= 15 is 0 Å². The van der Waals surface area contributed by atoms with Crippen molar-refractivity contribution in [2.75, 3.05) is 25.0 Å². The van der Waals surface area contributed by atoms with E-state index in [0.717, 1.165) is 36.2 Å². The first kappa shape index (κ1) is 16.8. The van der Waals surface area contributed by atoms with E-state index < -0.39 is 11.4 Å². The molecule has 2 aliphatic rings. The lowest BCUT2D eigenvalue weighted by atomic mass is 9.75. The van der Waals surface area contributed by atoms with Gasteiger partial charge in [0.15, 0.2) is 0 Å². The maximum Gasteiger partial charge on any atom is 0.336 e. The average Bonchev–Trinajstić information content (AvgIpc) is 2.85. The Kier molecular flexibility index (Phi) is 4.04. The first-order valence-electron chi connectivity index (χ1n) is 8.94. The molecule has 134 valence electrons. The number of hydrogen-bond donors (Lipinski definition) is 1. The predicted octanol–water partition coefficient (Wildman–Crippen LogP) is 2.90. The van der Waals surface area contributed by atoms with Crippen molar-refractivity contribution in [1.82, 2.24) is 4.90 Å². The molecule has 0 radical (unpaired) electrons. The average molecular weight is 350 g/mol. The molecule has 2 heterocycles. The number of benzene rings is 2. The zero-order valence-electron chi connectivity index (χ0n) is 14.8. The molecule has 1 unspecified atom stereocenters. The summed E-state index contributed by atoms with van der Waals surface area (Å²) in [4.78, 5) is 28.6. The highest BCUT2D eigenvalue weighted by Crippen LogP contribution is 2.46. The molecule has 5 nitrogen and oxygen atoms in total. The van der Waals surface area contributed by atoms with Gasteiger partial charge in [-0.05, 0) is 42.6 Å². The van der Waals surface area contributed by atoms with E-state index in [9.17, 15) is 14.7 Å². The number of aromatic carboxylic acids is 1. The fourth-order valence-corrected chi connectivity index (χ4v) is 4.50. The van der Waals surface area contributed by atoms with Crippen molar-refractivity contribution in [1.29, 1.82) is 0 Å². The number of carbonyl (C=O) groups is 2. The second-order valence-electron chi connectivity index (χ2n) is 7.24. The molecule has 1 amide bonds. The van der Waals surface area contributed by atoms with E-state index in [1.807, 2.05) is 37.4 Å². The van der Waals surface area contributed by atoms with Gasteiger partial charge in [-0.3, -0.25) is 9.69 Å². The minimum Gasteiger partial charge on any atom is -0.478 e. The Balaban J connectivity index is 1.65. The lowest BCUT2D eigenvalue weighted by Crippen LogP contribution is -2.51. The Hall–Kier alpha value is -2.66. The summed E-state index contributed by atoms with van der Waals surface area (Å²) in [5, 5.41) is 9.43. The smallest absolute Gasteiger partial charge is 0.336 e. The van der Waals surface area contributed by atoms with Gasteiger partial charge in [0.05, 0.1) is 11.0 Å². The molecule has 4 rings (SSSR count). The number of hydrogen-bond acceptors (Lipinski definition) is 3. The van der Waals surface area contributed by atoms with Crippen LogP contribution in [0.2, 0.25) is 0 Å². The quantitative estimate of drug-likeness (QED) is 0.925. The number of carboxylic acids is 1. The summed E-state index contributed by atoms with van der Waals surface area (Å²) in [6.07, 6.45) is 1.76. The van der Waals surface area contributed by atoms with E-state index in [2.05, 4.69) is 11.0 Å². The van der Waals surface area contributed by atoms with Gasteiger partial charge in [0.2, 0.25) is 5.91 Å². The number of amides is 1. The normalized spacial score (nSPS) is 22.7. The lowest BCUT2D eigenvalue weighted by molar-refractivity contribution is -0.125. The summed E-state index contributed by atoms with van der Waals surface area (Å²) in [5.41, 5.74) is 2.71. The Bertz CT molecular complexity index is 879. The third-order valence-electron chi connectivity index (χ3n) is 5.71. The largest absolute Gasteiger partial charge is 0.478 e. The summed E-state index contributed by atoms with van der Waals surface area (Å²) in [6.45, 7) is 2.04. The molecular formula is C21H22N2O3. The predicted molar refractivity (Wildman–Crippen MR) is 99.4 cm³/mol. The van der Waals surface area contributed by atoms with E-state index in [-0.39, 0.29) is 5.91 Å². The van der Waals surface area contributed by atoms with Crippen LogP contribution in [-0.4, -0.2) is 42.0 Å². The lowest BCUT2D eigenvalue weighted by Gasteiger charge is -2.39. The summed E-state index contributed by atoms with van der Waals surface area (Å²) >= 11 is 0. The van der Waals surface area contributed by atoms with Gasteiger partial charge < -0.3 is 10.0 Å². The van der Waals surface area contributed by atoms with Crippen LogP contribution in [0.1, 0.15) is 34.3 Å². The summed E-state index contributed by atoms with van der Waals surface area (Å²) < 4.78 is 0. The second kappa shape index (κ2) is 6.25. The number of likely N-dealkylation sites (N-methyl/N-ethyl adjacent to an activating group) is 1. The number of likely N-dealkylation sites (tertiary alicyclic amines) is 1. The number of para-hydroxylation sites is 1. The van der Waals surface area contributed by atoms with Crippen LogP contribution in [0.3, 0.4) is 0 Å². The molecule has 0 bridgehead atoms. The van der Waals surface area contributed by atoms with Gasteiger partial charge in [-0.25, -0.2) is 4.79 Å². The van der Waals surface area contributed by atoms with Crippen LogP contribution in [0.25, 0.3) is 0 Å². The molecule has 0 aromatic heterocycles. The van der Waals surface area contributed by atoms with E-state index in [4.69, 9.17) is 0 Å². The molecule has 1 N–H and O–H groups in total. The topological polar surface area (TPSA) is 60.9 Å². The summed E-state index contributed by atoms with van der Waals surface area (Å²) in [5.74, 6) is -0.760. The molecule has 1 fully saturated rings. The van der Waals surface area contributed by atoms with Gasteiger partial charge in [0.1, 0.15) is 0 Å². The molecule has 1 saturated heterocycles. The van der Waals surface area contributed by atoms with Crippen LogP contribution in [0.5, 0.6) is 0 Å². The number of anilines is 1. The molecule has 0 saturated carbocycles. The van der Waals surface area contributed by atoms with Gasteiger partial charge >= 0.3 is 5.97 Å². The van der Waals surface area contributed by atoms with Gasteiger partial charge in [0, 0.05) is 25.8 Å². The summed E-state index contributed by atoms with van der Waals surface area (Å²) in [6, 6.07) is 15.1. The van der Waals surface area contributed by atoms with Crippen LogP contribution < -0.4 is 4.90 Å². The number of nitrogens with zero attached hydrogens (tertiary/aromatic N) is 2. The van der Waals surface area contributed by atoms with Gasteiger partial charge in [-0.2, -0.15) is 0 Å². The Morgan fingerprint density at radius 2 is 1.88 bits per heavy atom. The minimum absolute atomic E-state index is 0.148. The number of carboxylic acid groups (broad SMARTS) is 1. The maximum atomic E-state index is 13.1. The first-order chi connectivity index (χ1) is 12.5. The molecule has 2 aliphatic heterocycles. The monoisotopic (exact) mass is 350 g/mol. The van der Waals surface area contributed by atoms with E-state index in [1.54, 1.807) is 17.0 Å². The molecule has 26 heavy (non-hydrogen) atoms. The number of fused-ring (bicyclic) bond motifs is 2. The molecule has 0 aliphatic carbocycles. The number of piperidine rings is 1. The zero-order chi connectivity index (χ0) is 18.3. The van der Waals surface area contributed by atoms with Crippen LogP contribution in [0.15, 0.2) is 48.5 Å². The highest BCUT2D eigenvalue weighted by molar-refractivity contribution is 6.08. The third kappa shape index (κ3) is 2.51. The number of rotatable bonds is 3. The highest BCUT2D eigenvalue weighted by Gasteiger charge is 2.51. The van der Waals surface area contributed by atoms with Crippen LogP contribution in [0, 0.1) is 0 Å². The first-order valence-corrected chi connectivity index (χ1v) is 8.94. The van der Waals surface area contributed by atoms with Crippen molar-refractivity contribution in [2.45, 2.75) is 24.8 Å². The van der Waals surface area contributed by atoms with Gasteiger partial charge in [-0.1, -0.05) is 36.4 Å². The summed E-state index contributed by atoms with van der Waals surface area (Å²) in [7, 11) is 1.84. The van der Waals surface area contributed by atoms with Gasteiger partial charge in [0.25, 0.3) is 0 Å². The fourth-order valence-electron chi connectivity index (χ4n) is 4.50. The Morgan fingerprint density at radius 1 is 1.15 bits per heavy atom. The van der Waals surface area contributed by atoms with E-state index in [1.165, 1.54) is 0 Å². The van der Waals surface area contributed by atoms with Crippen LogP contribution >= 0.6 is 0 Å². The fraction of sp³-hybridized carbons (Fsp3) is 0.333. The number of carbonyl (C=O) groups excluding carboxylic acids is 1. The van der Waals surface area contributed by atoms with Gasteiger partial charge in [-0.15, -0.1) is 0 Å². The Morgan fingerprint density at radius 3 is 2.69 bits per heavy atom.